The van der Waals surface area contributed by atoms with Gasteiger partial charge < -0.3 is 10.2 Å². The fourth-order valence-corrected chi connectivity index (χ4v) is 2.96. The molecule has 4 nitrogen and oxygen atoms in total. The van der Waals surface area contributed by atoms with Crippen molar-refractivity contribution >= 4 is 11.8 Å². The maximum absolute atomic E-state index is 12.5. The average molecular weight is 264 g/mol. The van der Waals surface area contributed by atoms with Crippen molar-refractivity contribution in [1.82, 2.24) is 10.2 Å². The first kappa shape index (κ1) is 14.1. The Labute approximate surface area is 115 Å². The van der Waals surface area contributed by atoms with E-state index >= 15 is 0 Å². The number of amides is 2. The Morgan fingerprint density at radius 2 is 1.95 bits per heavy atom. The van der Waals surface area contributed by atoms with Gasteiger partial charge in [-0.1, -0.05) is 30.9 Å². The third-order valence-corrected chi connectivity index (χ3v) is 4.07. The number of nitrogens with zero attached hydrogens (tertiary/aromatic N) is 1. The van der Waals surface area contributed by atoms with Crippen LogP contribution >= 0.6 is 0 Å². The molecule has 4 heteroatoms. The molecule has 0 aromatic carbocycles. The molecule has 0 aromatic heterocycles. The largest absolute Gasteiger partial charge is 0.342 e. The number of rotatable bonds is 3. The van der Waals surface area contributed by atoms with Crippen LogP contribution in [-0.4, -0.2) is 35.8 Å². The van der Waals surface area contributed by atoms with Gasteiger partial charge in [0.2, 0.25) is 11.8 Å². The van der Waals surface area contributed by atoms with Crippen LogP contribution in [0.4, 0.5) is 0 Å². The van der Waals surface area contributed by atoms with E-state index in [1.54, 1.807) is 4.90 Å². The van der Waals surface area contributed by atoms with Crippen molar-refractivity contribution in [3.63, 3.8) is 0 Å². The van der Waals surface area contributed by atoms with Crippen LogP contribution in [0.3, 0.4) is 0 Å². The summed E-state index contributed by atoms with van der Waals surface area (Å²) in [5.41, 5.74) is 1.17. The molecule has 2 fully saturated rings. The molecule has 2 amide bonds. The monoisotopic (exact) mass is 264 g/mol. The van der Waals surface area contributed by atoms with Crippen molar-refractivity contribution < 1.29 is 9.59 Å². The van der Waals surface area contributed by atoms with E-state index in [1.807, 2.05) is 19.9 Å². The van der Waals surface area contributed by atoms with Crippen LogP contribution in [0, 0.1) is 5.92 Å². The lowest BCUT2D eigenvalue weighted by atomic mass is 9.82. The molecule has 1 aliphatic carbocycles. The zero-order valence-corrected chi connectivity index (χ0v) is 11.9. The summed E-state index contributed by atoms with van der Waals surface area (Å²) >= 11 is 0. The summed E-state index contributed by atoms with van der Waals surface area (Å²) in [5.74, 6) is 0.418. The van der Waals surface area contributed by atoms with E-state index in [4.69, 9.17) is 0 Å². The van der Waals surface area contributed by atoms with Crippen LogP contribution in [0.5, 0.6) is 0 Å². The first-order valence-corrected chi connectivity index (χ1v) is 7.29. The highest BCUT2D eigenvalue weighted by Crippen LogP contribution is 2.28. The van der Waals surface area contributed by atoms with E-state index in [0.717, 1.165) is 12.8 Å². The molecule has 1 saturated carbocycles. The van der Waals surface area contributed by atoms with E-state index in [2.05, 4.69) is 5.32 Å². The molecule has 1 aliphatic heterocycles. The van der Waals surface area contributed by atoms with Gasteiger partial charge in [0.1, 0.15) is 6.04 Å². The van der Waals surface area contributed by atoms with Gasteiger partial charge in [0.25, 0.3) is 0 Å². The Hall–Kier alpha value is -1.32. The van der Waals surface area contributed by atoms with Gasteiger partial charge in [-0.05, 0) is 32.6 Å². The Balaban J connectivity index is 2.04. The summed E-state index contributed by atoms with van der Waals surface area (Å²) in [5, 5.41) is 2.90. The van der Waals surface area contributed by atoms with Crippen LogP contribution in [0.2, 0.25) is 0 Å². The molecule has 1 unspecified atom stereocenters. The van der Waals surface area contributed by atoms with Crippen molar-refractivity contribution in [3.05, 3.63) is 11.6 Å². The normalized spacial score (nSPS) is 25.2. The van der Waals surface area contributed by atoms with Crippen LogP contribution in [-0.2, 0) is 9.59 Å². The van der Waals surface area contributed by atoms with Crippen LogP contribution in [0.1, 0.15) is 46.0 Å². The maximum Gasteiger partial charge on any atom is 0.246 e. The molecule has 1 N–H and O–H groups in total. The third-order valence-electron chi connectivity index (χ3n) is 4.07. The van der Waals surface area contributed by atoms with Gasteiger partial charge in [-0.25, -0.2) is 0 Å². The standard InChI is InChI=1S/C15H24N2O2/c1-11(2)8-9-17-10-13(18)16-14(15(17)19)12-6-4-3-5-7-12/h8,12,14H,3-7,9-10H2,1-2H3,(H,16,18). The zero-order valence-electron chi connectivity index (χ0n) is 11.9. The Morgan fingerprint density at radius 1 is 1.26 bits per heavy atom. The van der Waals surface area contributed by atoms with Crippen LogP contribution in [0.15, 0.2) is 11.6 Å². The molecule has 1 heterocycles. The summed E-state index contributed by atoms with van der Waals surface area (Å²) in [7, 11) is 0. The van der Waals surface area contributed by atoms with E-state index in [1.165, 1.54) is 24.8 Å². The van der Waals surface area contributed by atoms with Crippen molar-refractivity contribution in [2.45, 2.75) is 52.0 Å². The predicted molar refractivity (Wildman–Crippen MR) is 74.5 cm³/mol. The smallest absolute Gasteiger partial charge is 0.246 e. The molecular weight excluding hydrogens is 240 g/mol. The first-order valence-electron chi connectivity index (χ1n) is 7.29. The molecule has 0 radical (unpaired) electrons. The molecule has 0 aromatic rings. The lowest BCUT2D eigenvalue weighted by Gasteiger charge is -2.37. The Kier molecular flexibility index (Phi) is 4.61. The molecule has 1 saturated heterocycles. The molecule has 19 heavy (non-hydrogen) atoms. The van der Waals surface area contributed by atoms with Gasteiger partial charge >= 0.3 is 0 Å². The maximum atomic E-state index is 12.5. The van der Waals surface area contributed by atoms with Gasteiger partial charge in [-0.3, -0.25) is 9.59 Å². The van der Waals surface area contributed by atoms with E-state index in [-0.39, 0.29) is 24.4 Å². The summed E-state index contributed by atoms with van der Waals surface area (Å²) in [6.07, 6.45) is 7.75. The minimum atomic E-state index is -0.285. The fourth-order valence-electron chi connectivity index (χ4n) is 2.96. The summed E-state index contributed by atoms with van der Waals surface area (Å²) in [6.45, 7) is 4.77. The Morgan fingerprint density at radius 3 is 2.58 bits per heavy atom. The number of carbonyl (C=O) groups excluding carboxylic acids is 2. The first-order chi connectivity index (χ1) is 9.08. The Bertz CT molecular complexity index is 380. The average Bonchev–Trinajstić information content (AvgIpc) is 2.40. The molecule has 106 valence electrons. The SMILES string of the molecule is CC(C)=CCN1CC(=O)NC(C2CCCCC2)C1=O. The lowest BCUT2D eigenvalue weighted by molar-refractivity contribution is -0.145. The van der Waals surface area contributed by atoms with Crippen molar-refractivity contribution in [3.8, 4) is 0 Å². The minimum absolute atomic E-state index is 0.0164. The van der Waals surface area contributed by atoms with Crippen molar-refractivity contribution in [2.75, 3.05) is 13.1 Å². The van der Waals surface area contributed by atoms with Crippen molar-refractivity contribution in [1.29, 1.82) is 0 Å². The molecule has 0 spiro atoms. The minimum Gasteiger partial charge on any atom is -0.342 e. The number of allylic oxidation sites excluding steroid dienone is 1. The number of carbonyl (C=O) groups is 2. The molecule has 1 atom stereocenters. The predicted octanol–water partition coefficient (Wildman–Crippen LogP) is 1.86. The van der Waals surface area contributed by atoms with E-state index < -0.39 is 0 Å². The van der Waals surface area contributed by atoms with E-state index in [9.17, 15) is 9.59 Å². The highest BCUT2D eigenvalue weighted by Gasteiger charge is 2.37. The summed E-state index contributed by atoms with van der Waals surface area (Å²) in [4.78, 5) is 25.9. The van der Waals surface area contributed by atoms with Gasteiger partial charge in [-0.15, -0.1) is 0 Å². The second-order valence-electron chi connectivity index (χ2n) is 5.94. The quantitative estimate of drug-likeness (QED) is 0.791. The van der Waals surface area contributed by atoms with E-state index in [0.29, 0.717) is 12.5 Å². The van der Waals surface area contributed by atoms with Crippen LogP contribution in [0.25, 0.3) is 0 Å². The highest BCUT2D eigenvalue weighted by atomic mass is 16.2. The molecule has 2 rings (SSSR count). The summed E-state index contributed by atoms with van der Waals surface area (Å²) in [6, 6.07) is -0.285. The fraction of sp³-hybridized carbons (Fsp3) is 0.733. The second-order valence-corrected chi connectivity index (χ2v) is 5.94. The third kappa shape index (κ3) is 3.58. The lowest BCUT2D eigenvalue weighted by Crippen LogP contribution is -2.60. The van der Waals surface area contributed by atoms with Gasteiger partial charge in [-0.2, -0.15) is 0 Å². The number of hydrogen-bond acceptors (Lipinski definition) is 2. The number of piperazine rings is 1. The van der Waals surface area contributed by atoms with Crippen molar-refractivity contribution in [2.24, 2.45) is 5.92 Å². The molecular formula is C15H24N2O2. The molecule has 2 aliphatic rings. The van der Waals surface area contributed by atoms with Gasteiger partial charge in [0.15, 0.2) is 0 Å². The molecule has 0 bridgehead atoms. The number of nitrogens with one attached hydrogen (secondary N) is 1. The summed E-state index contributed by atoms with van der Waals surface area (Å²) < 4.78 is 0. The highest BCUT2D eigenvalue weighted by molar-refractivity contribution is 5.95. The second kappa shape index (κ2) is 6.22. The van der Waals surface area contributed by atoms with Gasteiger partial charge in [0.05, 0.1) is 6.54 Å². The van der Waals surface area contributed by atoms with Gasteiger partial charge in [0, 0.05) is 6.54 Å². The number of hydrogen-bond donors (Lipinski definition) is 1. The zero-order chi connectivity index (χ0) is 13.8. The van der Waals surface area contributed by atoms with Crippen LogP contribution < -0.4 is 5.32 Å². The topological polar surface area (TPSA) is 49.4 Å².